The maximum absolute atomic E-state index is 11.4. The third kappa shape index (κ3) is 7.16. The Balaban J connectivity index is 2.28. The summed E-state index contributed by atoms with van der Waals surface area (Å²) in [5.74, 6) is 0. The molecule has 1 atom stereocenters. The third-order valence-corrected chi connectivity index (χ3v) is 4.84. The second-order valence-corrected chi connectivity index (χ2v) is 7.39. The first-order chi connectivity index (χ1) is 9.96. The Morgan fingerprint density at radius 1 is 1.29 bits per heavy atom. The molecule has 0 aliphatic rings. The van der Waals surface area contributed by atoms with Crippen LogP contribution >= 0.6 is 7.37 Å². The molecule has 118 valence electrons. The maximum atomic E-state index is 11.4. The summed E-state index contributed by atoms with van der Waals surface area (Å²) in [6, 6.07) is 7.60. The first-order valence-corrected chi connectivity index (χ1v) is 9.04. The van der Waals surface area contributed by atoms with Gasteiger partial charge in [0.2, 0.25) is 7.37 Å². The summed E-state index contributed by atoms with van der Waals surface area (Å²) in [7, 11) is -3.10. The van der Waals surface area contributed by atoms with Crippen molar-refractivity contribution in [3.63, 3.8) is 0 Å². The predicted octanol–water partition coefficient (Wildman–Crippen LogP) is 2.63. The summed E-state index contributed by atoms with van der Waals surface area (Å²) in [6.07, 6.45) is -0.306. The Morgan fingerprint density at radius 3 is 2.52 bits per heavy atom. The van der Waals surface area contributed by atoms with Gasteiger partial charge < -0.3 is 20.3 Å². The number of carbonyl (C=O) groups is 1. The fourth-order valence-electron chi connectivity index (χ4n) is 1.61. The highest BCUT2D eigenvalue weighted by molar-refractivity contribution is 7.57. The van der Waals surface area contributed by atoms with Crippen molar-refractivity contribution < 1.29 is 19.0 Å². The molecule has 0 bridgehead atoms. The lowest BCUT2D eigenvalue weighted by Gasteiger charge is -2.10. The second kappa shape index (κ2) is 8.70. The van der Waals surface area contributed by atoms with E-state index in [-0.39, 0.29) is 25.5 Å². The van der Waals surface area contributed by atoms with Crippen molar-refractivity contribution in [1.82, 2.24) is 5.32 Å². The molecular formula is C14H23N2O4P. The van der Waals surface area contributed by atoms with E-state index in [9.17, 15) is 14.3 Å². The smallest absolute Gasteiger partial charge is 0.407 e. The number of benzene rings is 1. The Morgan fingerprint density at radius 2 is 1.95 bits per heavy atom. The number of hydrogen-bond donors (Lipinski definition) is 3. The van der Waals surface area contributed by atoms with Gasteiger partial charge in [-0.3, -0.25) is 4.57 Å². The number of anilines is 1. The molecule has 1 aromatic rings. The van der Waals surface area contributed by atoms with Crippen LogP contribution in [0, 0.1) is 0 Å². The van der Waals surface area contributed by atoms with E-state index in [1.165, 1.54) is 0 Å². The van der Waals surface area contributed by atoms with Crippen LogP contribution in [-0.2, 0) is 15.9 Å². The number of ether oxygens (including phenoxy) is 1. The van der Waals surface area contributed by atoms with Crippen LogP contribution in [0.5, 0.6) is 0 Å². The van der Waals surface area contributed by atoms with Crippen LogP contribution in [-0.4, -0.2) is 36.4 Å². The molecule has 0 aliphatic carbocycles. The zero-order valence-electron chi connectivity index (χ0n) is 12.5. The first-order valence-electron chi connectivity index (χ1n) is 7.01. The highest BCUT2D eigenvalue weighted by Gasteiger charge is 2.14. The lowest BCUT2D eigenvalue weighted by Crippen LogP contribution is -2.27. The largest absolute Gasteiger partial charge is 0.445 e. The number of rotatable bonds is 8. The van der Waals surface area contributed by atoms with Crippen LogP contribution in [0.1, 0.15) is 19.4 Å². The second-order valence-electron chi connectivity index (χ2n) is 4.62. The van der Waals surface area contributed by atoms with Crippen molar-refractivity contribution in [2.45, 2.75) is 20.5 Å². The summed E-state index contributed by atoms with van der Waals surface area (Å²) in [6.45, 7) is 4.83. The van der Waals surface area contributed by atoms with E-state index >= 15 is 0 Å². The van der Waals surface area contributed by atoms with Crippen LogP contribution in [0.4, 0.5) is 10.5 Å². The molecule has 0 spiro atoms. The number of carbonyl (C=O) groups excluding carboxylic acids is 1. The van der Waals surface area contributed by atoms with Gasteiger partial charge in [0, 0.05) is 31.1 Å². The molecule has 0 aliphatic heterocycles. The molecule has 0 radical (unpaired) electrons. The van der Waals surface area contributed by atoms with Crippen molar-refractivity contribution in [2.75, 3.05) is 30.7 Å². The molecule has 0 heterocycles. The minimum absolute atomic E-state index is 0.0655. The van der Waals surface area contributed by atoms with Gasteiger partial charge in [0.05, 0.1) is 0 Å². The number of amides is 1. The van der Waals surface area contributed by atoms with Gasteiger partial charge >= 0.3 is 6.09 Å². The van der Waals surface area contributed by atoms with Crippen LogP contribution in [0.15, 0.2) is 24.3 Å². The fourth-order valence-corrected chi connectivity index (χ4v) is 2.39. The van der Waals surface area contributed by atoms with Crippen molar-refractivity contribution in [2.24, 2.45) is 0 Å². The van der Waals surface area contributed by atoms with E-state index in [1.54, 1.807) is 6.92 Å². The SMILES string of the molecule is CCNc1ccc(COC(=O)NCCP(=O)(O)CC)cc1. The topological polar surface area (TPSA) is 87.7 Å². The Hall–Kier alpha value is -1.52. The molecule has 1 rings (SSSR count). The van der Waals surface area contributed by atoms with Crippen LogP contribution < -0.4 is 10.6 Å². The highest BCUT2D eigenvalue weighted by Crippen LogP contribution is 2.38. The zero-order chi connectivity index (χ0) is 15.7. The molecule has 3 N–H and O–H groups in total. The number of hydrogen-bond acceptors (Lipinski definition) is 4. The van der Waals surface area contributed by atoms with Gasteiger partial charge in [0.25, 0.3) is 0 Å². The Bertz CT molecular complexity index is 490. The summed E-state index contributed by atoms with van der Waals surface area (Å²) in [5, 5.41) is 5.65. The molecule has 0 saturated carbocycles. The Kier molecular flexibility index (Phi) is 7.26. The minimum Gasteiger partial charge on any atom is -0.445 e. The third-order valence-electron chi connectivity index (χ3n) is 2.93. The van der Waals surface area contributed by atoms with Gasteiger partial charge in [0.15, 0.2) is 0 Å². The standard InChI is InChI=1S/C14H23N2O4P/c1-3-15-13-7-5-12(6-8-13)11-20-14(17)16-9-10-21(18,19)4-2/h5-8,15H,3-4,9-11H2,1-2H3,(H,16,17)(H,18,19). The summed E-state index contributed by atoms with van der Waals surface area (Å²) >= 11 is 0. The zero-order valence-corrected chi connectivity index (χ0v) is 13.4. The predicted molar refractivity (Wildman–Crippen MR) is 84.0 cm³/mol. The van der Waals surface area contributed by atoms with Gasteiger partial charge in [-0.1, -0.05) is 19.1 Å². The maximum Gasteiger partial charge on any atom is 0.407 e. The van der Waals surface area contributed by atoms with Gasteiger partial charge in [-0.05, 0) is 24.6 Å². The first kappa shape index (κ1) is 17.5. The summed E-state index contributed by atoms with van der Waals surface area (Å²) < 4.78 is 16.4. The van der Waals surface area contributed by atoms with E-state index in [4.69, 9.17) is 4.74 Å². The van der Waals surface area contributed by atoms with Gasteiger partial charge in [0.1, 0.15) is 6.61 Å². The average Bonchev–Trinajstić information content (AvgIpc) is 2.47. The van der Waals surface area contributed by atoms with E-state index in [0.29, 0.717) is 0 Å². The van der Waals surface area contributed by atoms with Crippen LogP contribution in [0.3, 0.4) is 0 Å². The molecule has 1 amide bonds. The van der Waals surface area contributed by atoms with Crippen LogP contribution in [0.2, 0.25) is 0 Å². The monoisotopic (exact) mass is 314 g/mol. The lowest BCUT2D eigenvalue weighted by atomic mass is 10.2. The molecular weight excluding hydrogens is 291 g/mol. The fraction of sp³-hybridized carbons (Fsp3) is 0.500. The molecule has 21 heavy (non-hydrogen) atoms. The van der Waals surface area contributed by atoms with Crippen LogP contribution in [0.25, 0.3) is 0 Å². The molecule has 0 fully saturated rings. The van der Waals surface area contributed by atoms with E-state index in [2.05, 4.69) is 10.6 Å². The molecule has 0 aromatic heterocycles. The molecule has 1 aromatic carbocycles. The van der Waals surface area contributed by atoms with Crippen molar-refractivity contribution in [1.29, 1.82) is 0 Å². The highest BCUT2D eigenvalue weighted by atomic mass is 31.2. The molecule has 1 unspecified atom stereocenters. The summed E-state index contributed by atoms with van der Waals surface area (Å²) in [5.41, 5.74) is 1.90. The average molecular weight is 314 g/mol. The van der Waals surface area contributed by atoms with Gasteiger partial charge in [-0.2, -0.15) is 0 Å². The minimum atomic E-state index is -3.10. The number of nitrogens with one attached hydrogen (secondary N) is 2. The molecule has 7 heteroatoms. The van der Waals surface area contributed by atoms with Gasteiger partial charge in [-0.25, -0.2) is 4.79 Å². The number of alkyl carbamates (subject to hydrolysis) is 1. The lowest BCUT2D eigenvalue weighted by molar-refractivity contribution is 0.140. The van der Waals surface area contributed by atoms with E-state index in [0.717, 1.165) is 17.8 Å². The molecule has 0 saturated heterocycles. The normalized spacial score (nSPS) is 13.3. The molecule has 6 nitrogen and oxygen atoms in total. The van der Waals surface area contributed by atoms with Crippen molar-refractivity contribution >= 4 is 19.1 Å². The van der Waals surface area contributed by atoms with Gasteiger partial charge in [-0.15, -0.1) is 0 Å². The quantitative estimate of drug-likeness (QED) is 0.642. The van der Waals surface area contributed by atoms with E-state index in [1.807, 2.05) is 31.2 Å². The van der Waals surface area contributed by atoms with E-state index < -0.39 is 13.5 Å². The van der Waals surface area contributed by atoms with Crippen molar-refractivity contribution in [3.05, 3.63) is 29.8 Å². The summed E-state index contributed by atoms with van der Waals surface area (Å²) in [4.78, 5) is 20.8. The van der Waals surface area contributed by atoms with Crippen molar-refractivity contribution in [3.8, 4) is 0 Å². The Labute approximate surface area is 125 Å².